The third-order valence-corrected chi connectivity index (χ3v) is 5.01. The van der Waals surface area contributed by atoms with Crippen molar-refractivity contribution in [3.63, 3.8) is 0 Å². The molecular formula is C18H22FN7. The van der Waals surface area contributed by atoms with Gasteiger partial charge in [0.2, 0.25) is 0 Å². The lowest BCUT2D eigenvalue weighted by atomic mass is 9.95. The molecule has 1 aliphatic rings. The molecule has 26 heavy (non-hydrogen) atoms. The number of nitrogens with zero attached hydrogens (tertiary/aromatic N) is 7. The highest BCUT2D eigenvalue weighted by atomic mass is 19.1. The lowest BCUT2D eigenvalue weighted by Crippen LogP contribution is -2.34. The maximum Gasteiger partial charge on any atom is 0.164 e. The number of hydrogen-bond donors (Lipinski definition) is 0. The summed E-state index contributed by atoms with van der Waals surface area (Å²) in [5, 5.41) is 8.89. The monoisotopic (exact) mass is 355 g/mol. The van der Waals surface area contributed by atoms with E-state index in [0.717, 1.165) is 44.1 Å². The molecule has 1 saturated heterocycles. The van der Waals surface area contributed by atoms with Crippen molar-refractivity contribution in [3.8, 4) is 0 Å². The standard InChI is InChI=1S/C18H22FN7/c1-2-26-17(12-24-10-7-21-13-24)22-23-18(26)14-4-8-25(9-5-14)16-3-6-20-11-15(16)19/h3,6-7,10-11,13-14H,2,4-5,8-9,12H2,1H3. The van der Waals surface area contributed by atoms with Crippen molar-refractivity contribution in [2.24, 2.45) is 0 Å². The van der Waals surface area contributed by atoms with Crippen LogP contribution in [0.25, 0.3) is 0 Å². The van der Waals surface area contributed by atoms with E-state index in [4.69, 9.17) is 0 Å². The molecule has 0 atom stereocenters. The minimum atomic E-state index is -0.259. The molecule has 4 heterocycles. The number of piperidine rings is 1. The zero-order chi connectivity index (χ0) is 17.9. The summed E-state index contributed by atoms with van der Waals surface area (Å²) in [4.78, 5) is 10.00. The summed E-state index contributed by atoms with van der Waals surface area (Å²) >= 11 is 0. The van der Waals surface area contributed by atoms with Crippen LogP contribution in [0.15, 0.2) is 37.2 Å². The molecule has 3 aromatic heterocycles. The molecule has 1 aliphatic heterocycles. The van der Waals surface area contributed by atoms with Crippen molar-refractivity contribution in [1.29, 1.82) is 0 Å². The Balaban J connectivity index is 1.47. The third-order valence-electron chi connectivity index (χ3n) is 5.01. The van der Waals surface area contributed by atoms with Crippen molar-refractivity contribution in [3.05, 3.63) is 54.6 Å². The number of hydrogen-bond acceptors (Lipinski definition) is 5. The molecule has 0 spiro atoms. The Morgan fingerprint density at radius 1 is 1.15 bits per heavy atom. The number of halogens is 1. The minimum absolute atomic E-state index is 0.259. The quantitative estimate of drug-likeness (QED) is 0.703. The second-order valence-electron chi connectivity index (χ2n) is 6.54. The predicted molar refractivity (Wildman–Crippen MR) is 95.4 cm³/mol. The molecule has 136 valence electrons. The Kier molecular flexibility index (Phi) is 4.64. The normalized spacial score (nSPS) is 15.5. The zero-order valence-corrected chi connectivity index (χ0v) is 14.8. The summed E-state index contributed by atoms with van der Waals surface area (Å²) < 4.78 is 18.2. The van der Waals surface area contributed by atoms with Crippen LogP contribution in [-0.2, 0) is 13.1 Å². The van der Waals surface area contributed by atoms with E-state index in [9.17, 15) is 4.39 Å². The maximum atomic E-state index is 14.0. The molecule has 3 aromatic rings. The highest BCUT2D eigenvalue weighted by Gasteiger charge is 2.27. The first-order chi connectivity index (χ1) is 12.8. The number of pyridine rings is 1. The van der Waals surface area contributed by atoms with Gasteiger partial charge in [-0.15, -0.1) is 10.2 Å². The molecule has 4 rings (SSSR count). The van der Waals surface area contributed by atoms with E-state index in [1.54, 1.807) is 24.8 Å². The van der Waals surface area contributed by atoms with Crippen molar-refractivity contribution in [2.45, 2.75) is 38.8 Å². The molecular weight excluding hydrogens is 333 g/mol. The zero-order valence-electron chi connectivity index (χ0n) is 14.8. The Hall–Kier alpha value is -2.77. The van der Waals surface area contributed by atoms with Crippen molar-refractivity contribution in [1.82, 2.24) is 29.3 Å². The van der Waals surface area contributed by atoms with E-state index in [-0.39, 0.29) is 5.82 Å². The van der Waals surface area contributed by atoms with Gasteiger partial charge < -0.3 is 14.0 Å². The van der Waals surface area contributed by atoms with Gasteiger partial charge in [-0.2, -0.15) is 0 Å². The average molecular weight is 355 g/mol. The Labute approximate surface area is 151 Å². The van der Waals surface area contributed by atoms with Crippen LogP contribution in [0.4, 0.5) is 10.1 Å². The first kappa shape index (κ1) is 16.7. The van der Waals surface area contributed by atoms with Gasteiger partial charge in [0.05, 0.1) is 24.8 Å². The van der Waals surface area contributed by atoms with E-state index >= 15 is 0 Å². The molecule has 0 aliphatic carbocycles. The first-order valence-electron chi connectivity index (χ1n) is 8.98. The first-order valence-corrected chi connectivity index (χ1v) is 8.98. The van der Waals surface area contributed by atoms with Crippen molar-refractivity contribution >= 4 is 5.69 Å². The summed E-state index contributed by atoms with van der Waals surface area (Å²) in [5.74, 6) is 2.08. The van der Waals surface area contributed by atoms with Crippen LogP contribution in [0, 0.1) is 5.82 Å². The van der Waals surface area contributed by atoms with Crippen LogP contribution in [0.1, 0.15) is 37.3 Å². The van der Waals surface area contributed by atoms with Crippen LogP contribution in [0.5, 0.6) is 0 Å². The van der Waals surface area contributed by atoms with Gasteiger partial charge >= 0.3 is 0 Å². The fourth-order valence-corrected chi connectivity index (χ4v) is 3.66. The Bertz CT molecular complexity index is 850. The SMILES string of the molecule is CCn1c(Cn2ccnc2)nnc1C1CCN(c2ccncc2F)CC1. The highest BCUT2D eigenvalue weighted by Crippen LogP contribution is 2.30. The van der Waals surface area contributed by atoms with Crippen LogP contribution >= 0.6 is 0 Å². The summed E-state index contributed by atoms with van der Waals surface area (Å²) in [5.41, 5.74) is 0.635. The Morgan fingerprint density at radius 2 is 2.00 bits per heavy atom. The molecule has 0 N–H and O–H groups in total. The molecule has 7 nitrogen and oxygen atoms in total. The van der Waals surface area contributed by atoms with Crippen LogP contribution in [0.3, 0.4) is 0 Å². The maximum absolute atomic E-state index is 14.0. The van der Waals surface area contributed by atoms with Gasteiger partial charge in [0.15, 0.2) is 11.6 Å². The van der Waals surface area contributed by atoms with E-state index in [1.165, 1.54) is 6.20 Å². The van der Waals surface area contributed by atoms with E-state index in [1.807, 2.05) is 10.8 Å². The van der Waals surface area contributed by atoms with Crippen molar-refractivity contribution < 1.29 is 4.39 Å². The van der Waals surface area contributed by atoms with Gasteiger partial charge in [0.25, 0.3) is 0 Å². The molecule has 8 heteroatoms. The fraction of sp³-hybridized carbons (Fsp3) is 0.444. The summed E-state index contributed by atoms with van der Waals surface area (Å²) in [6.45, 7) is 5.23. The predicted octanol–water partition coefficient (Wildman–Crippen LogP) is 2.46. The highest BCUT2D eigenvalue weighted by molar-refractivity contribution is 5.46. The van der Waals surface area contributed by atoms with E-state index in [2.05, 4.69) is 36.6 Å². The number of anilines is 1. The van der Waals surface area contributed by atoms with Gasteiger partial charge in [-0.25, -0.2) is 9.37 Å². The van der Waals surface area contributed by atoms with Gasteiger partial charge in [-0.3, -0.25) is 4.98 Å². The van der Waals surface area contributed by atoms with Crippen LogP contribution in [-0.4, -0.2) is 42.4 Å². The lowest BCUT2D eigenvalue weighted by Gasteiger charge is -2.33. The van der Waals surface area contributed by atoms with Gasteiger partial charge in [-0.1, -0.05) is 0 Å². The van der Waals surface area contributed by atoms with Gasteiger partial charge in [0, 0.05) is 44.1 Å². The molecule has 1 fully saturated rings. The molecule has 0 saturated carbocycles. The second-order valence-corrected chi connectivity index (χ2v) is 6.54. The molecule has 0 bridgehead atoms. The van der Waals surface area contributed by atoms with E-state index in [0.29, 0.717) is 18.2 Å². The number of imidazole rings is 1. The lowest BCUT2D eigenvalue weighted by molar-refractivity contribution is 0.459. The summed E-state index contributed by atoms with van der Waals surface area (Å²) in [7, 11) is 0. The topological polar surface area (TPSA) is 64.7 Å². The third kappa shape index (κ3) is 3.18. The number of aromatic nitrogens is 6. The van der Waals surface area contributed by atoms with Gasteiger partial charge in [-0.05, 0) is 25.8 Å². The molecule has 0 amide bonds. The second kappa shape index (κ2) is 7.23. The van der Waals surface area contributed by atoms with Gasteiger partial charge in [0.1, 0.15) is 5.82 Å². The van der Waals surface area contributed by atoms with E-state index < -0.39 is 0 Å². The van der Waals surface area contributed by atoms with Crippen molar-refractivity contribution in [2.75, 3.05) is 18.0 Å². The number of rotatable bonds is 5. The minimum Gasteiger partial charge on any atom is -0.369 e. The average Bonchev–Trinajstić information content (AvgIpc) is 3.32. The molecule has 0 radical (unpaired) electrons. The molecule has 0 unspecified atom stereocenters. The smallest absolute Gasteiger partial charge is 0.164 e. The van der Waals surface area contributed by atoms with Crippen LogP contribution < -0.4 is 4.90 Å². The Morgan fingerprint density at radius 3 is 2.69 bits per heavy atom. The van der Waals surface area contributed by atoms with Crippen LogP contribution in [0.2, 0.25) is 0 Å². The fourth-order valence-electron chi connectivity index (χ4n) is 3.66. The summed E-state index contributed by atoms with van der Waals surface area (Å²) in [6.07, 6.45) is 10.3. The summed E-state index contributed by atoms with van der Waals surface area (Å²) in [6, 6.07) is 1.74. The largest absolute Gasteiger partial charge is 0.369 e. The molecule has 0 aromatic carbocycles.